The van der Waals surface area contributed by atoms with Gasteiger partial charge < -0.3 is 10.0 Å². The van der Waals surface area contributed by atoms with Crippen molar-refractivity contribution in [1.29, 1.82) is 0 Å². The lowest BCUT2D eigenvalue weighted by atomic mass is 10.0. The Morgan fingerprint density at radius 1 is 1.11 bits per heavy atom. The fraction of sp³-hybridized carbons (Fsp3) is 0.261. The SMILES string of the molecule is CN(C(=O)c1cc(C2CC2)nc2ccccc12)C(Cc1ccccc1)C(=O)O. The summed E-state index contributed by atoms with van der Waals surface area (Å²) in [5, 5.41) is 10.5. The van der Waals surface area contributed by atoms with Crippen molar-refractivity contribution in [3.8, 4) is 0 Å². The number of carboxylic acids is 1. The molecule has 1 amide bonds. The van der Waals surface area contributed by atoms with Gasteiger partial charge in [0.15, 0.2) is 0 Å². The summed E-state index contributed by atoms with van der Waals surface area (Å²) in [5.41, 5.74) is 3.10. The third-order valence-electron chi connectivity index (χ3n) is 5.31. The lowest BCUT2D eigenvalue weighted by Gasteiger charge is -2.26. The van der Waals surface area contributed by atoms with E-state index in [-0.39, 0.29) is 12.3 Å². The smallest absolute Gasteiger partial charge is 0.326 e. The van der Waals surface area contributed by atoms with Crippen LogP contribution >= 0.6 is 0 Å². The molecule has 0 aliphatic heterocycles. The van der Waals surface area contributed by atoms with Gasteiger partial charge in [-0.25, -0.2) is 4.79 Å². The molecule has 1 aliphatic rings. The van der Waals surface area contributed by atoms with Crippen LogP contribution in [0.5, 0.6) is 0 Å². The fourth-order valence-corrected chi connectivity index (χ4v) is 3.52. The summed E-state index contributed by atoms with van der Waals surface area (Å²) in [7, 11) is 1.57. The quantitative estimate of drug-likeness (QED) is 0.711. The first kappa shape index (κ1) is 18.2. The number of para-hydroxylation sites is 1. The van der Waals surface area contributed by atoms with Gasteiger partial charge in [0.05, 0.1) is 11.1 Å². The van der Waals surface area contributed by atoms with Crippen LogP contribution in [0.1, 0.15) is 40.4 Å². The van der Waals surface area contributed by atoms with E-state index in [9.17, 15) is 14.7 Å². The molecule has 1 aromatic heterocycles. The van der Waals surface area contributed by atoms with Gasteiger partial charge in [-0.2, -0.15) is 0 Å². The number of carboxylic acid groups (broad SMARTS) is 1. The third-order valence-corrected chi connectivity index (χ3v) is 5.31. The molecule has 2 aromatic carbocycles. The third kappa shape index (κ3) is 3.60. The molecule has 1 saturated carbocycles. The summed E-state index contributed by atoms with van der Waals surface area (Å²) in [6.45, 7) is 0. The predicted molar refractivity (Wildman–Crippen MR) is 107 cm³/mol. The highest BCUT2D eigenvalue weighted by molar-refractivity contribution is 6.07. The fourth-order valence-electron chi connectivity index (χ4n) is 3.52. The molecule has 0 bridgehead atoms. The zero-order valence-electron chi connectivity index (χ0n) is 15.7. The van der Waals surface area contributed by atoms with Crippen LogP contribution in [0.25, 0.3) is 10.9 Å². The summed E-state index contributed by atoms with van der Waals surface area (Å²) in [5.74, 6) is -0.898. The van der Waals surface area contributed by atoms with E-state index in [1.54, 1.807) is 7.05 Å². The van der Waals surface area contributed by atoms with E-state index in [1.165, 1.54) is 4.90 Å². The van der Waals surface area contributed by atoms with E-state index in [4.69, 9.17) is 4.98 Å². The highest BCUT2D eigenvalue weighted by Gasteiger charge is 2.31. The Kier molecular flexibility index (Phi) is 4.82. The predicted octanol–water partition coefficient (Wildman–Crippen LogP) is 3.88. The molecule has 1 fully saturated rings. The number of hydrogen-bond donors (Lipinski definition) is 1. The Morgan fingerprint density at radius 3 is 2.46 bits per heavy atom. The first-order valence-corrected chi connectivity index (χ1v) is 9.48. The number of carbonyl (C=O) groups excluding carboxylic acids is 1. The largest absolute Gasteiger partial charge is 0.480 e. The molecular formula is C23H22N2O3. The average Bonchev–Trinajstić information content (AvgIpc) is 3.56. The van der Waals surface area contributed by atoms with Crippen LogP contribution < -0.4 is 0 Å². The normalized spacial score (nSPS) is 14.6. The monoisotopic (exact) mass is 374 g/mol. The van der Waals surface area contributed by atoms with Crippen molar-refractivity contribution in [1.82, 2.24) is 9.88 Å². The van der Waals surface area contributed by atoms with Crippen LogP contribution in [0.3, 0.4) is 0 Å². The molecule has 1 heterocycles. The topological polar surface area (TPSA) is 70.5 Å². The minimum atomic E-state index is -1.01. The summed E-state index contributed by atoms with van der Waals surface area (Å²) < 4.78 is 0. The van der Waals surface area contributed by atoms with Gasteiger partial charge in [-0.3, -0.25) is 9.78 Å². The van der Waals surface area contributed by atoms with Gasteiger partial charge in [-0.15, -0.1) is 0 Å². The second-order valence-corrected chi connectivity index (χ2v) is 7.35. The van der Waals surface area contributed by atoms with Crippen molar-refractivity contribution in [2.75, 3.05) is 7.05 Å². The highest BCUT2D eigenvalue weighted by atomic mass is 16.4. The summed E-state index contributed by atoms with van der Waals surface area (Å²) >= 11 is 0. The van der Waals surface area contributed by atoms with Crippen LogP contribution in [0, 0.1) is 0 Å². The minimum absolute atomic E-state index is 0.261. The number of likely N-dealkylation sites (N-methyl/N-ethyl adjacent to an activating group) is 1. The number of aliphatic carboxylic acids is 1. The van der Waals surface area contributed by atoms with E-state index in [0.29, 0.717) is 11.5 Å². The molecule has 5 heteroatoms. The highest BCUT2D eigenvalue weighted by Crippen LogP contribution is 2.40. The molecule has 1 unspecified atom stereocenters. The van der Waals surface area contributed by atoms with Crippen LogP contribution in [-0.2, 0) is 11.2 Å². The number of rotatable bonds is 6. The van der Waals surface area contributed by atoms with E-state index >= 15 is 0 Å². The average molecular weight is 374 g/mol. The second kappa shape index (κ2) is 7.43. The summed E-state index contributed by atoms with van der Waals surface area (Å²) in [6, 6.07) is 17.8. The molecule has 1 N–H and O–H groups in total. The molecule has 0 saturated heterocycles. The molecule has 4 rings (SSSR count). The van der Waals surface area contributed by atoms with E-state index < -0.39 is 12.0 Å². The van der Waals surface area contributed by atoms with Gasteiger partial charge >= 0.3 is 5.97 Å². The number of fused-ring (bicyclic) bond motifs is 1. The van der Waals surface area contributed by atoms with Gasteiger partial charge in [-0.05, 0) is 30.5 Å². The minimum Gasteiger partial charge on any atom is -0.480 e. The number of benzene rings is 2. The summed E-state index contributed by atoms with van der Waals surface area (Å²) in [6.07, 6.45) is 2.43. The van der Waals surface area contributed by atoms with E-state index in [1.807, 2.05) is 60.7 Å². The molecule has 3 aromatic rings. The first-order valence-electron chi connectivity index (χ1n) is 9.48. The van der Waals surface area contributed by atoms with E-state index in [0.717, 1.165) is 35.0 Å². The van der Waals surface area contributed by atoms with Crippen LogP contribution in [0.15, 0.2) is 60.7 Å². The van der Waals surface area contributed by atoms with Crippen LogP contribution in [0.4, 0.5) is 0 Å². The van der Waals surface area contributed by atoms with Crippen molar-refractivity contribution in [3.05, 3.63) is 77.5 Å². The second-order valence-electron chi connectivity index (χ2n) is 7.35. The Morgan fingerprint density at radius 2 is 1.79 bits per heavy atom. The molecule has 0 spiro atoms. The Balaban J connectivity index is 1.70. The summed E-state index contributed by atoms with van der Waals surface area (Å²) in [4.78, 5) is 31.3. The van der Waals surface area contributed by atoms with Crippen molar-refractivity contribution in [2.24, 2.45) is 0 Å². The molecule has 1 aliphatic carbocycles. The Hall–Kier alpha value is -3.21. The number of pyridine rings is 1. The molecule has 28 heavy (non-hydrogen) atoms. The van der Waals surface area contributed by atoms with Gasteiger partial charge in [0.25, 0.3) is 5.91 Å². The molecule has 5 nitrogen and oxygen atoms in total. The Labute approximate surface area is 163 Å². The van der Waals surface area contributed by atoms with Crippen LogP contribution in [0.2, 0.25) is 0 Å². The standard InChI is InChI=1S/C23H22N2O3/c1-25(21(23(27)28)13-15-7-3-2-4-8-15)22(26)18-14-20(16-11-12-16)24-19-10-6-5-9-17(18)19/h2-10,14,16,21H,11-13H2,1H3,(H,27,28). The number of carbonyl (C=O) groups is 2. The molecule has 0 radical (unpaired) electrons. The van der Waals surface area contributed by atoms with Crippen molar-refractivity contribution in [3.63, 3.8) is 0 Å². The lowest BCUT2D eigenvalue weighted by Crippen LogP contribution is -2.44. The maximum atomic E-state index is 13.3. The number of aromatic nitrogens is 1. The van der Waals surface area contributed by atoms with Gasteiger partial charge in [0.2, 0.25) is 0 Å². The van der Waals surface area contributed by atoms with Gasteiger partial charge in [0.1, 0.15) is 6.04 Å². The maximum Gasteiger partial charge on any atom is 0.326 e. The zero-order chi connectivity index (χ0) is 19.7. The molecule has 142 valence electrons. The van der Waals surface area contributed by atoms with Crippen LogP contribution in [-0.4, -0.2) is 40.0 Å². The first-order chi connectivity index (χ1) is 13.5. The lowest BCUT2D eigenvalue weighted by molar-refractivity contribution is -0.141. The zero-order valence-corrected chi connectivity index (χ0v) is 15.7. The maximum absolute atomic E-state index is 13.3. The number of nitrogens with zero attached hydrogens (tertiary/aromatic N) is 2. The number of hydrogen-bond acceptors (Lipinski definition) is 3. The van der Waals surface area contributed by atoms with Gasteiger partial charge in [-0.1, -0.05) is 48.5 Å². The van der Waals surface area contributed by atoms with Crippen molar-refractivity contribution < 1.29 is 14.7 Å². The number of amides is 1. The van der Waals surface area contributed by atoms with Gasteiger partial charge in [0, 0.05) is 30.5 Å². The molecule has 1 atom stereocenters. The van der Waals surface area contributed by atoms with Crippen molar-refractivity contribution >= 4 is 22.8 Å². The Bertz CT molecular complexity index is 1030. The van der Waals surface area contributed by atoms with E-state index in [2.05, 4.69) is 0 Å². The van der Waals surface area contributed by atoms with Crippen molar-refractivity contribution in [2.45, 2.75) is 31.2 Å². The molecular weight excluding hydrogens is 352 g/mol.